The Balaban J connectivity index is 1.72. The molecule has 1 amide bonds. The van der Waals surface area contributed by atoms with Crippen LogP contribution in [0.1, 0.15) is 34.0 Å². The molecule has 0 fully saturated rings. The van der Waals surface area contributed by atoms with E-state index in [1.54, 1.807) is 25.3 Å². The molecule has 172 valence electrons. The molecule has 3 rings (SSSR count). The van der Waals surface area contributed by atoms with Gasteiger partial charge in [0.15, 0.2) is 11.5 Å². The maximum absolute atomic E-state index is 12.7. The molecule has 0 saturated carbocycles. The summed E-state index contributed by atoms with van der Waals surface area (Å²) in [5.41, 5.74) is 2.29. The molecular formula is C24H25N3O6. The molecule has 3 aromatic rings. The molecule has 1 heterocycles. The Bertz CT molecular complexity index is 1160. The molecule has 0 aliphatic heterocycles. The monoisotopic (exact) mass is 451 g/mol. The van der Waals surface area contributed by atoms with E-state index in [1.807, 2.05) is 32.0 Å². The van der Waals surface area contributed by atoms with Crippen molar-refractivity contribution < 1.29 is 23.9 Å². The zero-order valence-electron chi connectivity index (χ0n) is 18.9. The van der Waals surface area contributed by atoms with E-state index in [2.05, 4.69) is 10.3 Å². The minimum absolute atomic E-state index is 0.118. The summed E-state index contributed by atoms with van der Waals surface area (Å²) in [7, 11) is 1.38. The van der Waals surface area contributed by atoms with Gasteiger partial charge in [-0.3, -0.25) is 14.9 Å². The van der Waals surface area contributed by atoms with Crippen LogP contribution in [0.3, 0.4) is 0 Å². The van der Waals surface area contributed by atoms with Gasteiger partial charge in [-0.1, -0.05) is 18.2 Å². The average molecular weight is 451 g/mol. The molecule has 0 saturated heterocycles. The van der Waals surface area contributed by atoms with Gasteiger partial charge in [-0.05, 0) is 43.5 Å². The lowest BCUT2D eigenvalue weighted by molar-refractivity contribution is -0.385. The highest BCUT2D eigenvalue weighted by atomic mass is 16.6. The van der Waals surface area contributed by atoms with Crippen molar-refractivity contribution in [2.45, 2.75) is 27.3 Å². The number of ether oxygens (including phenoxy) is 3. The number of aryl methyl sites for hydroxylation is 2. The number of pyridine rings is 1. The number of methoxy groups -OCH3 is 1. The van der Waals surface area contributed by atoms with Crippen LogP contribution in [0, 0.1) is 24.0 Å². The van der Waals surface area contributed by atoms with Gasteiger partial charge < -0.3 is 19.5 Å². The largest absolute Gasteiger partial charge is 0.493 e. The van der Waals surface area contributed by atoms with Crippen LogP contribution in [0.25, 0.3) is 0 Å². The van der Waals surface area contributed by atoms with Crippen LogP contribution < -0.4 is 19.5 Å². The maximum Gasteiger partial charge on any atom is 0.286 e. The van der Waals surface area contributed by atoms with E-state index < -0.39 is 10.8 Å². The van der Waals surface area contributed by atoms with Crippen LogP contribution in [-0.2, 0) is 6.54 Å². The normalized spacial score (nSPS) is 10.4. The second-order valence-corrected chi connectivity index (χ2v) is 7.27. The predicted molar refractivity (Wildman–Crippen MR) is 122 cm³/mol. The number of hydrogen-bond donors (Lipinski definition) is 1. The van der Waals surface area contributed by atoms with Crippen molar-refractivity contribution >= 4 is 11.6 Å². The highest BCUT2D eigenvalue weighted by molar-refractivity contribution is 5.99. The van der Waals surface area contributed by atoms with Gasteiger partial charge in [-0.15, -0.1) is 0 Å². The first-order chi connectivity index (χ1) is 15.8. The number of nitro benzene ring substituents is 1. The molecule has 0 bridgehead atoms. The number of nitrogens with one attached hydrogen (secondary N) is 1. The van der Waals surface area contributed by atoms with E-state index in [4.69, 9.17) is 14.2 Å². The Morgan fingerprint density at radius 3 is 2.52 bits per heavy atom. The van der Waals surface area contributed by atoms with Crippen LogP contribution in [0.4, 0.5) is 5.69 Å². The Labute approximate surface area is 191 Å². The molecule has 0 unspecified atom stereocenters. The summed E-state index contributed by atoms with van der Waals surface area (Å²) in [6, 6.07) is 11.9. The van der Waals surface area contributed by atoms with Crippen molar-refractivity contribution in [1.82, 2.24) is 10.3 Å². The molecule has 9 nitrogen and oxygen atoms in total. The van der Waals surface area contributed by atoms with Crippen LogP contribution in [0.15, 0.2) is 48.7 Å². The molecule has 0 aliphatic rings. The second kappa shape index (κ2) is 10.4. The number of carbonyl (C=O) groups is 1. The number of benzene rings is 2. The highest BCUT2D eigenvalue weighted by Gasteiger charge is 2.24. The molecule has 0 atom stereocenters. The Morgan fingerprint density at radius 1 is 1.09 bits per heavy atom. The van der Waals surface area contributed by atoms with Gasteiger partial charge in [0.25, 0.3) is 11.6 Å². The molecule has 0 aliphatic carbocycles. The molecule has 1 aromatic heterocycles. The van der Waals surface area contributed by atoms with E-state index in [-0.39, 0.29) is 29.3 Å². The molecule has 9 heteroatoms. The number of nitrogens with zero attached hydrogens (tertiary/aromatic N) is 2. The number of aromatic nitrogens is 1. The van der Waals surface area contributed by atoms with Gasteiger partial charge in [-0.2, -0.15) is 0 Å². The van der Waals surface area contributed by atoms with E-state index in [9.17, 15) is 14.9 Å². The summed E-state index contributed by atoms with van der Waals surface area (Å²) in [6.07, 6.45) is 1.58. The molecular weight excluding hydrogens is 426 g/mol. The lowest BCUT2D eigenvalue weighted by atomic mass is 10.1. The van der Waals surface area contributed by atoms with Gasteiger partial charge in [-0.25, -0.2) is 4.98 Å². The van der Waals surface area contributed by atoms with Crippen LogP contribution in [0.2, 0.25) is 0 Å². The topological polar surface area (TPSA) is 113 Å². The van der Waals surface area contributed by atoms with Gasteiger partial charge >= 0.3 is 0 Å². The predicted octanol–water partition coefficient (Wildman–Crippen LogP) is 4.74. The van der Waals surface area contributed by atoms with E-state index in [0.29, 0.717) is 18.1 Å². The molecule has 2 aromatic carbocycles. The quantitative estimate of drug-likeness (QED) is 0.369. The van der Waals surface area contributed by atoms with Crippen molar-refractivity contribution in [2.75, 3.05) is 13.7 Å². The zero-order valence-corrected chi connectivity index (χ0v) is 18.9. The first-order valence-corrected chi connectivity index (χ1v) is 10.3. The summed E-state index contributed by atoms with van der Waals surface area (Å²) >= 11 is 0. The van der Waals surface area contributed by atoms with E-state index in [1.165, 1.54) is 19.2 Å². The van der Waals surface area contributed by atoms with Crippen molar-refractivity contribution in [1.29, 1.82) is 0 Å². The number of carbonyl (C=O) groups excluding carboxylic acids is 1. The summed E-state index contributed by atoms with van der Waals surface area (Å²) in [5.74, 6) is 0.974. The van der Waals surface area contributed by atoms with E-state index >= 15 is 0 Å². The minimum Gasteiger partial charge on any atom is -0.493 e. The van der Waals surface area contributed by atoms with Crippen LogP contribution >= 0.6 is 0 Å². The number of rotatable bonds is 9. The lowest BCUT2D eigenvalue weighted by Crippen LogP contribution is -2.24. The summed E-state index contributed by atoms with van der Waals surface area (Å²) in [4.78, 5) is 27.8. The standard InChI is InChI=1S/C24H25N3O6/c1-5-32-22-11-18(19(27(29)30)12-21(22)31-4)24(28)26-14-17-8-9-23(25-13-17)33-20-10-15(2)6-7-16(20)3/h6-13H,5,14H2,1-4H3,(H,26,28). The second-order valence-electron chi connectivity index (χ2n) is 7.27. The third-order valence-corrected chi connectivity index (χ3v) is 4.83. The van der Waals surface area contributed by atoms with Gasteiger partial charge in [0.2, 0.25) is 5.88 Å². The number of amides is 1. The van der Waals surface area contributed by atoms with Gasteiger partial charge in [0.05, 0.1) is 24.7 Å². The third-order valence-electron chi connectivity index (χ3n) is 4.83. The summed E-state index contributed by atoms with van der Waals surface area (Å²) in [6.45, 7) is 6.14. The third kappa shape index (κ3) is 5.76. The first-order valence-electron chi connectivity index (χ1n) is 10.3. The number of hydrogen-bond acceptors (Lipinski definition) is 7. The lowest BCUT2D eigenvalue weighted by Gasteiger charge is -2.12. The summed E-state index contributed by atoms with van der Waals surface area (Å²) in [5, 5.41) is 14.2. The van der Waals surface area contributed by atoms with Crippen LogP contribution in [-0.4, -0.2) is 29.5 Å². The average Bonchev–Trinajstić information content (AvgIpc) is 2.80. The Hall–Kier alpha value is -4.14. The molecule has 33 heavy (non-hydrogen) atoms. The fourth-order valence-corrected chi connectivity index (χ4v) is 3.09. The molecule has 1 N–H and O–H groups in total. The SMILES string of the molecule is CCOc1cc(C(=O)NCc2ccc(Oc3cc(C)ccc3C)nc2)c([N+](=O)[O-])cc1OC. The first kappa shape index (κ1) is 23.5. The van der Waals surface area contributed by atoms with Crippen molar-refractivity contribution in [3.05, 3.63) is 81.0 Å². The van der Waals surface area contributed by atoms with E-state index in [0.717, 1.165) is 16.9 Å². The fourth-order valence-electron chi connectivity index (χ4n) is 3.09. The van der Waals surface area contributed by atoms with Gasteiger partial charge in [0, 0.05) is 24.9 Å². The summed E-state index contributed by atoms with van der Waals surface area (Å²) < 4.78 is 16.4. The molecule has 0 radical (unpaired) electrons. The molecule has 0 spiro atoms. The Morgan fingerprint density at radius 2 is 1.88 bits per heavy atom. The smallest absolute Gasteiger partial charge is 0.286 e. The van der Waals surface area contributed by atoms with Crippen molar-refractivity contribution in [3.8, 4) is 23.1 Å². The maximum atomic E-state index is 12.7. The van der Waals surface area contributed by atoms with Crippen molar-refractivity contribution in [3.63, 3.8) is 0 Å². The van der Waals surface area contributed by atoms with Gasteiger partial charge in [0.1, 0.15) is 11.3 Å². The van der Waals surface area contributed by atoms with Crippen LogP contribution in [0.5, 0.6) is 23.1 Å². The Kier molecular flexibility index (Phi) is 7.45. The zero-order chi connectivity index (χ0) is 24.0. The minimum atomic E-state index is -0.631. The van der Waals surface area contributed by atoms with Crippen molar-refractivity contribution in [2.24, 2.45) is 0 Å². The number of nitro groups is 1. The fraction of sp³-hybridized carbons (Fsp3) is 0.250. The highest BCUT2D eigenvalue weighted by Crippen LogP contribution is 2.34.